The topological polar surface area (TPSA) is 47.6 Å². The number of halogens is 1. The minimum absolute atomic E-state index is 0.0623. The summed E-state index contributed by atoms with van der Waals surface area (Å²) in [6.45, 7) is 5.78. The Balaban J connectivity index is 1.76. The molecular weight excluding hydrogens is 374 g/mol. The van der Waals surface area contributed by atoms with Crippen LogP contribution in [0.15, 0.2) is 60.2 Å². The van der Waals surface area contributed by atoms with E-state index in [1.807, 2.05) is 24.3 Å². The van der Waals surface area contributed by atoms with E-state index >= 15 is 0 Å². The van der Waals surface area contributed by atoms with Crippen LogP contribution in [-0.2, 0) is 9.53 Å². The maximum Gasteiger partial charge on any atom is 0.343 e. The average Bonchev–Trinajstić information content (AvgIpc) is 3.17. The average molecular weight is 404 g/mol. The van der Waals surface area contributed by atoms with Gasteiger partial charge < -0.3 is 14.8 Å². The maximum atomic E-state index is 11.1. The molecule has 28 heavy (non-hydrogen) atoms. The Hall–Kier alpha value is -2.04. The van der Waals surface area contributed by atoms with E-state index in [0.29, 0.717) is 28.8 Å². The van der Waals surface area contributed by atoms with E-state index in [4.69, 9.17) is 16.3 Å². The molecule has 4 nitrogen and oxygen atoms in total. The zero-order chi connectivity index (χ0) is 20.4. The maximum absolute atomic E-state index is 11.1. The molecule has 5 heteroatoms. The quantitative estimate of drug-likeness (QED) is 0.435. The summed E-state index contributed by atoms with van der Waals surface area (Å²) in [4.78, 5) is 11.1. The van der Waals surface area contributed by atoms with Crippen LogP contribution in [-0.4, -0.2) is 31.8 Å². The number of nitrogens with one attached hydrogen (secondary N) is 1. The number of carbonyl (C=O) groups is 1. The zero-order valence-corrected chi connectivity index (χ0v) is 17.5. The second-order valence-corrected chi connectivity index (χ2v) is 7.56. The molecule has 0 saturated heterocycles. The van der Waals surface area contributed by atoms with Gasteiger partial charge in [-0.05, 0) is 62.3 Å². The van der Waals surface area contributed by atoms with E-state index in [1.54, 1.807) is 6.08 Å². The first-order valence-electron chi connectivity index (χ1n) is 9.72. The van der Waals surface area contributed by atoms with Gasteiger partial charge in [0.1, 0.15) is 5.75 Å². The lowest BCUT2D eigenvalue weighted by Gasteiger charge is -2.18. The number of hydrogen-bond acceptors (Lipinski definition) is 4. The standard InChI is InChI=1S/C23H30ClNO3/c1-4-20(24)8-6-5-7-17(2)25-21-12-9-19(15-21)18-10-13-22(14-11-18)28-16-23(26)27-3/h4-6,8,10-11,13-14,17,19,21,25H,1,7,9,12,15-16H2,2-3H3/b6-5-,20-8+/t17-,19-,21?/m1/s1. The predicted octanol–water partition coefficient (Wildman–Crippen LogP) is 5.11. The number of hydrogen-bond donors (Lipinski definition) is 1. The SMILES string of the molecule is C=C/C(Cl)=C\C=C/C[C@@H](C)NC1CC[C@@H](c2ccc(OCC(=O)OC)cc2)C1. The third-order valence-corrected chi connectivity index (χ3v) is 5.25. The van der Waals surface area contributed by atoms with Gasteiger partial charge >= 0.3 is 5.97 Å². The fraction of sp³-hybridized carbons (Fsp3) is 0.435. The van der Waals surface area contributed by atoms with Crippen LogP contribution in [0.25, 0.3) is 0 Å². The number of esters is 1. The van der Waals surface area contributed by atoms with E-state index in [2.05, 4.69) is 41.8 Å². The third kappa shape index (κ3) is 7.53. The molecule has 1 aliphatic carbocycles. The molecule has 3 atom stereocenters. The van der Waals surface area contributed by atoms with Crippen LogP contribution < -0.4 is 10.1 Å². The van der Waals surface area contributed by atoms with Gasteiger partial charge in [0.2, 0.25) is 0 Å². The van der Waals surface area contributed by atoms with Crippen LogP contribution in [0.3, 0.4) is 0 Å². The van der Waals surface area contributed by atoms with Crippen molar-refractivity contribution in [2.75, 3.05) is 13.7 Å². The highest BCUT2D eigenvalue weighted by molar-refractivity contribution is 6.31. The molecule has 1 unspecified atom stereocenters. The molecule has 0 heterocycles. The van der Waals surface area contributed by atoms with E-state index in [9.17, 15) is 4.79 Å². The van der Waals surface area contributed by atoms with Crippen LogP contribution >= 0.6 is 11.6 Å². The van der Waals surface area contributed by atoms with Crippen molar-refractivity contribution < 1.29 is 14.3 Å². The molecule has 0 spiro atoms. The lowest BCUT2D eigenvalue weighted by atomic mass is 9.97. The Morgan fingerprint density at radius 2 is 2.11 bits per heavy atom. The Morgan fingerprint density at radius 3 is 2.79 bits per heavy atom. The minimum atomic E-state index is -0.377. The molecule has 152 valence electrons. The van der Waals surface area contributed by atoms with Gasteiger partial charge in [0, 0.05) is 17.1 Å². The highest BCUT2D eigenvalue weighted by atomic mass is 35.5. The second-order valence-electron chi connectivity index (χ2n) is 7.13. The summed E-state index contributed by atoms with van der Waals surface area (Å²) >= 11 is 5.89. The fourth-order valence-corrected chi connectivity index (χ4v) is 3.53. The van der Waals surface area contributed by atoms with E-state index < -0.39 is 0 Å². The fourth-order valence-electron chi connectivity index (χ4n) is 3.45. The number of carbonyl (C=O) groups excluding carboxylic acids is 1. The number of methoxy groups -OCH3 is 1. The third-order valence-electron chi connectivity index (χ3n) is 4.96. The summed E-state index contributed by atoms with van der Waals surface area (Å²) in [6.07, 6.45) is 12.0. The molecule has 0 bridgehead atoms. The van der Waals surface area contributed by atoms with Crippen molar-refractivity contribution in [3.05, 3.63) is 65.7 Å². The van der Waals surface area contributed by atoms with Crippen molar-refractivity contribution in [3.63, 3.8) is 0 Å². The minimum Gasteiger partial charge on any atom is -0.482 e. The predicted molar refractivity (Wildman–Crippen MR) is 115 cm³/mol. The largest absolute Gasteiger partial charge is 0.482 e. The van der Waals surface area contributed by atoms with Gasteiger partial charge in [0.15, 0.2) is 6.61 Å². The Bertz CT molecular complexity index is 696. The molecule has 1 aromatic rings. The molecule has 2 rings (SSSR count). The molecule has 1 aromatic carbocycles. The second kappa shape index (κ2) is 11.7. The summed E-state index contributed by atoms with van der Waals surface area (Å²) in [6, 6.07) is 9.01. The van der Waals surface area contributed by atoms with Gasteiger partial charge in [-0.3, -0.25) is 0 Å². The smallest absolute Gasteiger partial charge is 0.343 e. The molecule has 0 aliphatic heterocycles. The number of ether oxygens (including phenoxy) is 2. The Kier molecular flexibility index (Phi) is 9.32. The van der Waals surface area contributed by atoms with Crippen molar-refractivity contribution >= 4 is 17.6 Å². The normalized spacial score (nSPS) is 20.9. The van der Waals surface area contributed by atoms with Crippen molar-refractivity contribution in [1.82, 2.24) is 5.32 Å². The number of rotatable bonds is 10. The molecular formula is C23H30ClNO3. The monoisotopic (exact) mass is 403 g/mol. The lowest BCUT2D eigenvalue weighted by molar-refractivity contribution is -0.142. The van der Waals surface area contributed by atoms with Crippen LogP contribution in [0.4, 0.5) is 0 Å². The van der Waals surface area contributed by atoms with Gasteiger partial charge in [-0.2, -0.15) is 0 Å². The van der Waals surface area contributed by atoms with Crippen LogP contribution in [0, 0.1) is 0 Å². The molecule has 0 amide bonds. The number of allylic oxidation sites excluding steroid dienone is 4. The van der Waals surface area contributed by atoms with Gasteiger partial charge in [-0.1, -0.05) is 48.5 Å². The van der Waals surface area contributed by atoms with E-state index in [0.717, 1.165) is 12.8 Å². The molecule has 1 aliphatic rings. The van der Waals surface area contributed by atoms with Crippen LogP contribution in [0.2, 0.25) is 0 Å². The van der Waals surface area contributed by atoms with Gasteiger partial charge in [-0.25, -0.2) is 4.79 Å². The summed E-state index contributed by atoms with van der Waals surface area (Å²) in [5.41, 5.74) is 1.33. The van der Waals surface area contributed by atoms with Crippen molar-refractivity contribution in [2.24, 2.45) is 0 Å². The summed E-state index contributed by atoms with van der Waals surface area (Å²) in [7, 11) is 1.35. The summed E-state index contributed by atoms with van der Waals surface area (Å²) < 4.78 is 9.99. The van der Waals surface area contributed by atoms with Crippen molar-refractivity contribution in [3.8, 4) is 5.75 Å². The summed E-state index contributed by atoms with van der Waals surface area (Å²) in [5.74, 6) is 0.870. The molecule has 1 saturated carbocycles. The first-order valence-corrected chi connectivity index (χ1v) is 10.1. The van der Waals surface area contributed by atoms with E-state index in [-0.39, 0.29) is 12.6 Å². The van der Waals surface area contributed by atoms with Crippen LogP contribution in [0.1, 0.15) is 44.1 Å². The zero-order valence-electron chi connectivity index (χ0n) is 16.7. The van der Waals surface area contributed by atoms with Crippen molar-refractivity contribution in [2.45, 2.75) is 50.6 Å². The molecule has 1 N–H and O–H groups in total. The Labute approximate surface area is 173 Å². The van der Waals surface area contributed by atoms with Gasteiger partial charge in [0.25, 0.3) is 0 Å². The first-order chi connectivity index (χ1) is 13.5. The van der Waals surface area contributed by atoms with Crippen LogP contribution in [0.5, 0.6) is 5.75 Å². The van der Waals surface area contributed by atoms with E-state index in [1.165, 1.54) is 25.5 Å². The highest BCUT2D eigenvalue weighted by Gasteiger charge is 2.26. The number of benzene rings is 1. The lowest BCUT2D eigenvalue weighted by Crippen LogP contribution is -2.34. The molecule has 0 radical (unpaired) electrons. The molecule has 0 aromatic heterocycles. The van der Waals surface area contributed by atoms with Crippen molar-refractivity contribution in [1.29, 1.82) is 0 Å². The molecule has 1 fully saturated rings. The van der Waals surface area contributed by atoms with Gasteiger partial charge in [0.05, 0.1) is 7.11 Å². The Morgan fingerprint density at radius 1 is 1.36 bits per heavy atom. The summed E-state index contributed by atoms with van der Waals surface area (Å²) in [5, 5.41) is 4.38. The first kappa shape index (κ1) is 22.3. The highest BCUT2D eigenvalue weighted by Crippen LogP contribution is 2.35. The van der Waals surface area contributed by atoms with Gasteiger partial charge in [-0.15, -0.1) is 0 Å².